The van der Waals surface area contributed by atoms with Crippen LogP contribution >= 0.6 is 27.5 Å². The van der Waals surface area contributed by atoms with E-state index in [1.165, 1.54) is 0 Å². The zero-order chi connectivity index (χ0) is 12.7. The number of carbonyl (C=O) groups is 1. The van der Waals surface area contributed by atoms with E-state index in [9.17, 15) is 4.79 Å². The lowest BCUT2D eigenvalue weighted by molar-refractivity contribution is -0.0303. The summed E-state index contributed by atoms with van der Waals surface area (Å²) in [5, 5.41) is 0.581. The molecule has 3 nitrogen and oxygen atoms in total. The Labute approximate surface area is 119 Å². The largest absolute Gasteiger partial charge is 0.371 e. The zero-order valence-corrected chi connectivity index (χ0v) is 12.1. The second-order valence-electron chi connectivity index (χ2n) is 4.79. The maximum absolute atomic E-state index is 12.5. The Morgan fingerprint density at radius 3 is 2.67 bits per heavy atom. The molecule has 1 aromatic carbocycles. The number of morpholine rings is 1. The van der Waals surface area contributed by atoms with Crippen LogP contribution in [-0.4, -0.2) is 36.1 Å². The van der Waals surface area contributed by atoms with E-state index in [2.05, 4.69) is 15.9 Å². The predicted octanol–water partition coefficient (Wildman–Crippen LogP) is 3.11. The first kappa shape index (κ1) is 12.5. The fourth-order valence-electron chi connectivity index (χ4n) is 2.61. The summed E-state index contributed by atoms with van der Waals surface area (Å²) in [6.45, 7) is 1.38. The summed E-state index contributed by atoms with van der Waals surface area (Å²) in [7, 11) is 0. The first-order valence-corrected chi connectivity index (χ1v) is 7.20. The van der Waals surface area contributed by atoms with E-state index in [0.717, 1.165) is 17.3 Å². The van der Waals surface area contributed by atoms with Crippen molar-refractivity contribution in [2.24, 2.45) is 0 Å². The number of halogens is 2. The smallest absolute Gasteiger partial charge is 0.255 e. The summed E-state index contributed by atoms with van der Waals surface area (Å²) in [4.78, 5) is 14.4. The average Bonchev–Trinajstić information content (AvgIpc) is 2.70. The fraction of sp³-hybridized carbons (Fsp3) is 0.462. The van der Waals surface area contributed by atoms with Gasteiger partial charge in [0.05, 0.1) is 17.8 Å². The Bertz CT molecular complexity index is 482. The highest BCUT2D eigenvalue weighted by molar-refractivity contribution is 9.10. The van der Waals surface area contributed by atoms with E-state index in [0.29, 0.717) is 23.7 Å². The van der Waals surface area contributed by atoms with Crippen LogP contribution in [0.1, 0.15) is 23.2 Å². The molecule has 2 fully saturated rings. The number of hydrogen-bond acceptors (Lipinski definition) is 2. The SMILES string of the molecule is O=C(c1cc(Cl)ccc1Br)N1CC2CCC(C1)O2. The van der Waals surface area contributed by atoms with Crippen molar-refractivity contribution >= 4 is 33.4 Å². The Morgan fingerprint density at radius 1 is 1.33 bits per heavy atom. The molecule has 0 spiro atoms. The van der Waals surface area contributed by atoms with Crippen LogP contribution in [0.15, 0.2) is 22.7 Å². The Morgan fingerprint density at radius 2 is 2.00 bits per heavy atom. The van der Waals surface area contributed by atoms with Crippen molar-refractivity contribution < 1.29 is 9.53 Å². The Kier molecular flexibility index (Phi) is 3.34. The van der Waals surface area contributed by atoms with Crippen molar-refractivity contribution in [3.05, 3.63) is 33.3 Å². The molecule has 2 saturated heterocycles. The first-order chi connectivity index (χ1) is 8.63. The number of likely N-dealkylation sites (tertiary alicyclic amines) is 1. The molecule has 5 heteroatoms. The summed E-state index contributed by atoms with van der Waals surface area (Å²) in [6, 6.07) is 5.29. The molecule has 2 aliphatic rings. The number of rotatable bonds is 1. The van der Waals surface area contributed by atoms with Crippen LogP contribution in [-0.2, 0) is 4.74 Å². The molecule has 3 rings (SSSR count). The van der Waals surface area contributed by atoms with Gasteiger partial charge in [-0.05, 0) is 47.0 Å². The lowest BCUT2D eigenvalue weighted by Gasteiger charge is -2.32. The third-order valence-corrected chi connectivity index (χ3v) is 4.42. The average molecular weight is 331 g/mol. The first-order valence-electron chi connectivity index (χ1n) is 6.03. The van der Waals surface area contributed by atoms with Crippen LogP contribution in [0.5, 0.6) is 0 Å². The molecule has 0 radical (unpaired) electrons. The highest BCUT2D eigenvalue weighted by Crippen LogP contribution is 2.29. The van der Waals surface area contributed by atoms with Gasteiger partial charge in [-0.15, -0.1) is 0 Å². The Hall–Kier alpha value is -0.580. The summed E-state index contributed by atoms with van der Waals surface area (Å²) >= 11 is 9.36. The molecule has 2 unspecified atom stereocenters. The van der Waals surface area contributed by atoms with Gasteiger partial charge < -0.3 is 9.64 Å². The molecule has 18 heavy (non-hydrogen) atoms. The van der Waals surface area contributed by atoms with Gasteiger partial charge in [0.2, 0.25) is 0 Å². The van der Waals surface area contributed by atoms with Crippen LogP contribution in [0, 0.1) is 0 Å². The van der Waals surface area contributed by atoms with E-state index in [4.69, 9.17) is 16.3 Å². The van der Waals surface area contributed by atoms with Crippen molar-refractivity contribution in [3.8, 4) is 0 Å². The quantitative estimate of drug-likeness (QED) is 0.792. The van der Waals surface area contributed by atoms with Gasteiger partial charge in [-0.25, -0.2) is 0 Å². The van der Waals surface area contributed by atoms with Crippen molar-refractivity contribution in [1.82, 2.24) is 4.90 Å². The molecule has 2 atom stereocenters. The minimum atomic E-state index is 0.0320. The van der Waals surface area contributed by atoms with Crippen LogP contribution in [0.3, 0.4) is 0 Å². The molecule has 0 aliphatic carbocycles. The van der Waals surface area contributed by atoms with Crippen LogP contribution in [0.2, 0.25) is 5.02 Å². The third-order valence-electron chi connectivity index (χ3n) is 3.49. The number of amides is 1. The van der Waals surface area contributed by atoms with Gasteiger partial charge in [-0.3, -0.25) is 4.79 Å². The van der Waals surface area contributed by atoms with Gasteiger partial charge in [-0.1, -0.05) is 11.6 Å². The standard InChI is InChI=1S/C13H13BrClNO2/c14-12-4-1-8(15)5-11(12)13(17)16-6-9-2-3-10(7-16)18-9/h1,4-5,9-10H,2-3,6-7H2. The molecule has 1 aromatic rings. The number of benzene rings is 1. The monoisotopic (exact) mass is 329 g/mol. The van der Waals surface area contributed by atoms with Crippen LogP contribution in [0.4, 0.5) is 0 Å². The highest BCUT2D eigenvalue weighted by Gasteiger charge is 2.36. The molecule has 2 heterocycles. The number of nitrogens with zero attached hydrogens (tertiary/aromatic N) is 1. The minimum absolute atomic E-state index is 0.0320. The summed E-state index contributed by atoms with van der Waals surface area (Å²) in [5.41, 5.74) is 0.629. The number of carbonyl (C=O) groups excluding carboxylic acids is 1. The van der Waals surface area contributed by atoms with E-state index in [-0.39, 0.29) is 18.1 Å². The second-order valence-corrected chi connectivity index (χ2v) is 6.08. The van der Waals surface area contributed by atoms with E-state index in [1.54, 1.807) is 12.1 Å². The molecule has 96 valence electrons. The molecular weight excluding hydrogens is 318 g/mol. The van der Waals surface area contributed by atoms with Crippen molar-refractivity contribution in [3.63, 3.8) is 0 Å². The van der Waals surface area contributed by atoms with Crippen molar-refractivity contribution in [1.29, 1.82) is 0 Å². The zero-order valence-electron chi connectivity index (χ0n) is 9.73. The van der Waals surface area contributed by atoms with E-state index < -0.39 is 0 Å². The number of fused-ring (bicyclic) bond motifs is 2. The number of ether oxygens (including phenoxy) is 1. The molecule has 2 bridgehead atoms. The molecule has 0 N–H and O–H groups in total. The third kappa shape index (κ3) is 2.29. The maximum atomic E-state index is 12.5. The van der Waals surface area contributed by atoms with Gasteiger partial charge >= 0.3 is 0 Å². The van der Waals surface area contributed by atoms with Crippen molar-refractivity contribution in [2.45, 2.75) is 25.0 Å². The van der Waals surface area contributed by atoms with Gasteiger partial charge in [0.15, 0.2) is 0 Å². The predicted molar refractivity (Wildman–Crippen MR) is 73.0 cm³/mol. The summed E-state index contributed by atoms with van der Waals surface area (Å²) in [5.74, 6) is 0.0320. The topological polar surface area (TPSA) is 29.5 Å². The van der Waals surface area contributed by atoms with E-state index in [1.807, 2.05) is 11.0 Å². The second kappa shape index (κ2) is 4.83. The van der Waals surface area contributed by atoms with Gasteiger partial charge in [0.1, 0.15) is 0 Å². The van der Waals surface area contributed by atoms with Crippen molar-refractivity contribution in [2.75, 3.05) is 13.1 Å². The fourth-order valence-corrected chi connectivity index (χ4v) is 3.20. The van der Waals surface area contributed by atoms with Gasteiger partial charge in [0.25, 0.3) is 5.91 Å². The highest BCUT2D eigenvalue weighted by atomic mass is 79.9. The van der Waals surface area contributed by atoms with Gasteiger partial charge in [0, 0.05) is 22.6 Å². The lowest BCUT2D eigenvalue weighted by atomic mass is 10.2. The van der Waals surface area contributed by atoms with Crippen LogP contribution in [0.25, 0.3) is 0 Å². The van der Waals surface area contributed by atoms with Gasteiger partial charge in [-0.2, -0.15) is 0 Å². The maximum Gasteiger partial charge on any atom is 0.255 e. The Balaban J connectivity index is 1.84. The summed E-state index contributed by atoms with van der Waals surface area (Å²) < 4.78 is 6.52. The van der Waals surface area contributed by atoms with E-state index >= 15 is 0 Å². The minimum Gasteiger partial charge on any atom is -0.371 e. The molecule has 0 saturated carbocycles. The lowest BCUT2D eigenvalue weighted by Crippen LogP contribution is -2.45. The normalized spacial score (nSPS) is 26.4. The molecule has 1 amide bonds. The van der Waals surface area contributed by atoms with Crippen LogP contribution < -0.4 is 0 Å². The summed E-state index contributed by atoms with van der Waals surface area (Å²) in [6.07, 6.45) is 2.55. The number of hydrogen-bond donors (Lipinski definition) is 0. The molecular formula is C13H13BrClNO2. The molecule has 0 aromatic heterocycles. The molecule has 2 aliphatic heterocycles.